The van der Waals surface area contributed by atoms with Crippen LogP contribution < -0.4 is 4.74 Å². The van der Waals surface area contributed by atoms with Crippen molar-refractivity contribution in [3.05, 3.63) is 29.8 Å². The van der Waals surface area contributed by atoms with Gasteiger partial charge in [-0.1, -0.05) is 18.2 Å². The molecule has 0 aromatic heterocycles. The van der Waals surface area contributed by atoms with Crippen LogP contribution in [0, 0.1) is 5.92 Å². The molecule has 3 unspecified atom stereocenters. The fraction of sp³-hybridized carbons (Fsp3) is 0.647. The molecule has 3 rings (SSSR count). The Balaban J connectivity index is 1.76. The number of ether oxygens (including phenoxy) is 2. The van der Waals surface area contributed by atoms with E-state index in [-0.39, 0.29) is 11.5 Å². The number of hydrogen-bond donors (Lipinski definition) is 1. The zero-order valence-electron chi connectivity index (χ0n) is 12.6. The summed E-state index contributed by atoms with van der Waals surface area (Å²) in [7, 11) is 0. The van der Waals surface area contributed by atoms with Gasteiger partial charge in [0.05, 0.1) is 18.3 Å². The van der Waals surface area contributed by atoms with Crippen LogP contribution in [-0.2, 0) is 4.74 Å². The number of hydrogen-bond acceptors (Lipinski definition) is 4. The minimum atomic E-state index is -0.459. The molecule has 2 fully saturated rings. The summed E-state index contributed by atoms with van der Waals surface area (Å²) in [6.07, 6.45) is 2.54. The summed E-state index contributed by atoms with van der Waals surface area (Å²) in [5, 5.41) is 10.9. The highest BCUT2D eigenvalue weighted by Gasteiger charge is 2.42. The third-order valence-corrected chi connectivity index (χ3v) is 5.81. The molecule has 0 aliphatic carbocycles. The minimum Gasteiger partial charge on any atom is -0.493 e. The van der Waals surface area contributed by atoms with Crippen molar-refractivity contribution >= 4 is 11.8 Å². The van der Waals surface area contributed by atoms with E-state index in [0.717, 1.165) is 42.9 Å². The molecule has 1 aromatic rings. The molecule has 1 aromatic carbocycles. The summed E-state index contributed by atoms with van der Waals surface area (Å²) in [5.74, 6) is 3.33. The second-order valence-electron chi connectivity index (χ2n) is 6.00. The van der Waals surface area contributed by atoms with Crippen LogP contribution in [0.15, 0.2) is 24.3 Å². The minimum absolute atomic E-state index is 0.00905. The van der Waals surface area contributed by atoms with Crippen molar-refractivity contribution in [3.8, 4) is 5.75 Å². The maximum Gasteiger partial charge on any atom is 0.125 e. The Kier molecular flexibility index (Phi) is 4.77. The van der Waals surface area contributed by atoms with E-state index in [0.29, 0.717) is 6.61 Å². The Morgan fingerprint density at radius 1 is 1.48 bits per heavy atom. The smallest absolute Gasteiger partial charge is 0.125 e. The second kappa shape index (κ2) is 6.59. The average molecular weight is 308 g/mol. The van der Waals surface area contributed by atoms with Crippen LogP contribution in [0.25, 0.3) is 0 Å². The maximum absolute atomic E-state index is 10.9. The summed E-state index contributed by atoms with van der Waals surface area (Å²) >= 11 is 1.97. The van der Waals surface area contributed by atoms with Crippen LogP contribution in [0.3, 0.4) is 0 Å². The Morgan fingerprint density at radius 2 is 2.33 bits per heavy atom. The van der Waals surface area contributed by atoms with E-state index in [4.69, 9.17) is 9.47 Å². The first-order chi connectivity index (χ1) is 10.2. The number of aliphatic hydroxyl groups excluding tert-OH is 1. The van der Waals surface area contributed by atoms with E-state index in [1.165, 1.54) is 5.75 Å². The topological polar surface area (TPSA) is 38.7 Å². The van der Waals surface area contributed by atoms with Gasteiger partial charge in [-0.25, -0.2) is 0 Å². The molecule has 1 spiro atoms. The molecule has 2 aliphatic heterocycles. The fourth-order valence-corrected chi connectivity index (χ4v) is 4.84. The number of para-hydroxylation sites is 1. The van der Waals surface area contributed by atoms with Crippen molar-refractivity contribution in [2.24, 2.45) is 5.92 Å². The van der Waals surface area contributed by atoms with Crippen molar-refractivity contribution in [3.63, 3.8) is 0 Å². The van der Waals surface area contributed by atoms with Gasteiger partial charge in [0.1, 0.15) is 5.75 Å². The van der Waals surface area contributed by atoms with Crippen LogP contribution in [0.1, 0.15) is 37.9 Å². The standard InChI is InChI=1S/C17H24O3S/c1-2-19-15-6-4-3-5-14(15)16(18)13-7-9-20-17(11-13)8-10-21-12-17/h3-6,13,16,18H,2,7-12H2,1H3. The van der Waals surface area contributed by atoms with E-state index < -0.39 is 6.10 Å². The van der Waals surface area contributed by atoms with Gasteiger partial charge in [-0.15, -0.1) is 0 Å². The number of benzene rings is 1. The first kappa shape index (κ1) is 15.2. The van der Waals surface area contributed by atoms with Gasteiger partial charge in [0, 0.05) is 17.9 Å². The van der Waals surface area contributed by atoms with Crippen LogP contribution in [0.5, 0.6) is 5.75 Å². The van der Waals surface area contributed by atoms with E-state index in [9.17, 15) is 5.11 Å². The summed E-state index contributed by atoms with van der Waals surface area (Å²) in [6, 6.07) is 7.87. The number of aliphatic hydroxyl groups is 1. The van der Waals surface area contributed by atoms with E-state index in [1.54, 1.807) is 0 Å². The molecule has 2 aliphatic rings. The maximum atomic E-state index is 10.9. The van der Waals surface area contributed by atoms with Gasteiger partial charge in [0.15, 0.2) is 0 Å². The first-order valence-electron chi connectivity index (χ1n) is 7.85. The lowest BCUT2D eigenvalue weighted by atomic mass is 9.80. The van der Waals surface area contributed by atoms with Gasteiger partial charge < -0.3 is 14.6 Å². The van der Waals surface area contributed by atoms with Crippen molar-refractivity contribution < 1.29 is 14.6 Å². The zero-order valence-corrected chi connectivity index (χ0v) is 13.4. The molecule has 116 valence electrons. The third-order valence-electron chi connectivity index (χ3n) is 4.58. The van der Waals surface area contributed by atoms with Gasteiger partial charge in [-0.2, -0.15) is 11.8 Å². The molecule has 0 bridgehead atoms. The fourth-order valence-electron chi connectivity index (χ4n) is 3.46. The predicted molar refractivity (Wildman–Crippen MR) is 85.9 cm³/mol. The van der Waals surface area contributed by atoms with Crippen molar-refractivity contribution in [2.45, 2.75) is 37.9 Å². The molecule has 3 nitrogen and oxygen atoms in total. The van der Waals surface area contributed by atoms with Crippen LogP contribution in [0.4, 0.5) is 0 Å². The van der Waals surface area contributed by atoms with Gasteiger partial charge >= 0.3 is 0 Å². The summed E-state index contributed by atoms with van der Waals surface area (Å²) in [6.45, 7) is 3.36. The summed E-state index contributed by atoms with van der Waals surface area (Å²) < 4.78 is 11.7. The van der Waals surface area contributed by atoms with Crippen molar-refractivity contribution in [1.82, 2.24) is 0 Å². The molecular weight excluding hydrogens is 284 g/mol. The molecule has 1 N–H and O–H groups in total. The highest BCUT2D eigenvalue weighted by atomic mass is 32.2. The molecule has 3 atom stereocenters. The van der Waals surface area contributed by atoms with Crippen LogP contribution >= 0.6 is 11.8 Å². The zero-order chi connectivity index (χ0) is 14.7. The predicted octanol–water partition coefficient (Wildman–Crippen LogP) is 3.42. The molecule has 2 heterocycles. The lowest BCUT2D eigenvalue weighted by molar-refractivity contribution is -0.102. The van der Waals surface area contributed by atoms with E-state index in [2.05, 4.69) is 0 Å². The SMILES string of the molecule is CCOc1ccccc1C(O)C1CCOC2(CCSC2)C1. The van der Waals surface area contributed by atoms with Crippen molar-refractivity contribution in [1.29, 1.82) is 0 Å². The summed E-state index contributed by atoms with van der Waals surface area (Å²) in [4.78, 5) is 0. The largest absolute Gasteiger partial charge is 0.493 e. The molecular formula is C17H24O3S. The lowest BCUT2D eigenvalue weighted by Gasteiger charge is -2.39. The normalized spacial score (nSPS) is 30.5. The van der Waals surface area contributed by atoms with Gasteiger partial charge in [-0.3, -0.25) is 0 Å². The van der Waals surface area contributed by atoms with Gasteiger partial charge in [0.25, 0.3) is 0 Å². The Hall–Kier alpha value is -0.710. The monoisotopic (exact) mass is 308 g/mol. The van der Waals surface area contributed by atoms with Gasteiger partial charge in [-0.05, 0) is 43.9 Å². The van der Waals surface area contributed by atoms with Crippen LogP contribution in [-0.4, -0.2) is 35.4 Å². The molecule has 4 heteroatoms. The van der Waals surface area contributed by atoms with Crippen LogP contribution in [0.2, 0.25) is 0 Å². The molecule has 21 heavy (non-hydrogen) atoms. The molecule has 0 amide bonds. The first-order valence-corrected chi connectivity index (χ1v) is 9.01. The average Bonchev–Trinajstić information content (AvgIpc) is 2.95. The Morgan fingerprint density at radius 3 is 3.10 bits per heavy atom. The lowest BCUT2D eigenvalue weighted by Crippen LogP contribution is -2.41. The van der Waals surface area contributed by atoms with E-state index >= 15 is 0 Å². The number of thioether (sulfide) groups is 1. The number of rotatable bonds is 4. The van der Waals surface area contributed by atoms with E-state index in [1.807, 2.05) is 43.0 Å². The second-order valence-corrected chi connectivity index (χ2v) is 7.11. The van der Waals surface area contributed by atoms with Crippen molar-refractivity contribution in [2.75, 3.05) is 24.7 Å². The highest BCUT2D eigenvalue weighted by Crippen LogP contribution is 2.45. The molecule has 0 saturated carbocycles. The third kappa shape index (κ3) is 3.22. The quantitative estimate of drug-likeness (QED) is 0.925. The Labute approximate surface area is 131 Å². The highest BCUT2D eigenvalue weighted by molar-refractivity contribution is 7.99. The molecule has 0 radical (unpaired) electrons. The Bertz CT molecular complexity index is 471. The van der Waals surface area contributed by atoms with Gasteiger partial charge in [0.2, 0.25) is 0 Å². The molecule has 2 saturated heterocycles. The summed E-state index contributed by atoms with van der Waals surface area (Å²) in [5.41, 5.74) is 0.932.